The van der Waals surface area contributed by atoms with Gasteiger partial charge in [0.1, 0.15) is 5.69 Å². The van der Waals surface area contributed by atoms with E-state index in [1.807, 2.05) is 25.1 Å². The molecule has 0 amide bonds. The van der Waals surface area contributed by atoms with E-state index in [1.54, 1.807) is 6.20 Å². The van der Waals surface area contributed by atoms with Crippen LogP contribution in [0.2, 0.25) is 0 Å². The Bertz CT molecular complexity index is 436. The quantitative estimate of drug-likeness (QED) is 0.790. The summed E-state index contributed by atoms with van der Waals surface area (Å²) in [6.07, 6.45) is 2.34. The van der Waals surface area contributed by atoms with Crippen molar-refractivity contribution in [3.63, 3.8) is 0 Å². The molecule has 0 atom stereocenters. The Morgan fingerprint density at radius 2 is 2.27 bits per heavy atom. The molecule has 0 aromatic carbocycles. The molecule has 0 unspecified atom stereocenters. The van der Waals surface area contributed by atoms with Gasteiger partial charge in [-0.1, -0.05) is 6.07 Å². The lowest BCUT2D eigenvalue weighted by Gasteiger charge is -2.00. The molecule has 78 valence electrons. The fourth-order valence-electron chi connectivity index (χ4n) is 1.58. The molecule has 2 aromatic rings. The van der Waals surface area contributed by atoms with E-state index in [2.05, 4.69) is 15.2 Å². The minimum atomic E-state index is 0.125. The van der Waals surface area contributed by atoms with Gasteiger partial charge in [-0.25, -0.2) is 0 Å². The normalized spacial score (nSPS) is 10.5. The molecule has 0 fully saturated rings. The summed E-state index contributed by atoms with van der Waals surface area (Å²) in [5.41, 5.74) is 3.70. The first-order valence-corrected chi connectivity index (χ1v) is 4.89. The van der Waals surface area contributed by atoms with E-state index < -0.39 is 0 Å². The maximum absolute atomic E-state index is 8.97. The van der Waals surface area contributed by atoms with E-state index in [-0.39, 0.29) is 6.61 Å². The predicted octanol–water partition coefficient (Wildman–Crippen LogP) is 1.31. The Hall–Kier alpha value is -1.68. The average molecular weight is 203 g/mol. The lowest BCUT2D eigenvalue weighted by molar-refractivity contribution is 0.299. The summed E-state index contributed by atoms with van der Waals surface area (Å²) in [4.78, 5) is 4.24. The molecule has 15 heavy (non-hydrogen) atoms. The lowest BCUT2D eigenvalue weighted by atomic mass is 10.1. The third kappa shape index (κ3) is 1.89. The molecular weight excluding hydrogens is 190 g/mol. The highest BCUT2D eigenvalue weighted by Crippen LogP contribution is 2.21. The van der Waals surface area contributed by atoms with E-state index in [4.69, 9.17) is 5.11 Å². The maximum Gasteiger partial charge on any atom is 0.114 e. The number of aromatic nitrogens is 3. The zero-order chi connectivity index (χ0) is 10.7. The molecule has 4 heteroatoms. The van der Waals surface area contributed by atoms with Gasteiger partial charge in [0.15, 0.2) is 0 Å². The minimum Gasteiger partial charge on any atom is -0.396 e. The summed E-state index contributed by atoms with van der Waals surface area (Å²) >= 11 is 0. The Labute approximate surface area is 88.0 Å². The van der Waals surface area contributed by atoms with Crippen molar-refractivity contribution >= 4 is 0 Å². The number of nitrogens with zero attached hydrogens (tertiary/aromatic N) is 2. The second kappa shape index (κ2) is 4.23. The molecule has 2 rings (SSSR count). The van der Waals surface area contributed by atoms with Gasteiger partial charge in [0.25, 0.3) is 0 Å². The Balaban J connectivity index is 2.44. The summed E-state index contributed by atoms with van der Waals surface area (Å²) in [7, 11) is 0. The summed E-state index contributed by atoms with van der Waals surface area (Å²) < 4.78 is 0. The van der Waals surface area contributed by atoms with Gasteiger partial charge in [0.05, 0.1) is 5.69 Å². The van der Waals surface area contributed by atoms with Crippen molar-refractivity contribution in [2.24, 2.45) is 0 Å². The number of aromatic amines is 1. The molecular formula is C11H13N3O. The van der Waals surface area contributed by atoms with Crippen LogP contribution in [0.3, 0.4) is 0 Å². The van der Waals surface area contributed by atoms with Crippen molar-refractivity contribution in [2.75, 3.05) is 6.61 Å². The number of pyridine rings is 1. The first-order chi connectivity index (χ1) is 7.33. The summed E-state index contributed by atoms with van der Waals surface area (Å²) in [6.45, 7) is 2.07. The van der Waals surface area contributed by atoms with Crippen LogP contribution in [0.4, 0.5) is 0 Å². The van der Waals surface area contributed by atoms with Gasteiger partial charge in [0.2, 0.25) is 0 Å². The van der Waals surface area contributed by atoms with E-state index in [0.717, 1.165) is 22.6 Å². The number of aliphatic hydroxyl groups excluding tert-OH is 1. The van der Waals surface area contributed by atoms with E-state index in [1.165, 1.54) is 0 Å². The van der Waals surface area contributed by atoms with Gasteiger partial charge in [-0.2, -0.15) is 5.10 Å². The second-order valence-corrected chi connectivity index (χ2v) is 3.36. The zero-order valence-corrected chi connectivity index (χ0v) is 8.57. The zero-order valence-electron chi connectivity index (χ0n) is 8.57. The number of rotatable bonds is 3. The van der Waals surface area contributed by atoms with Crippen LogP contribution >= 0.6 is 0 Å². The predicted molar refractivity (Wildman–Crippen MR) is 57.3 cm³/mol. The van der Waals surface area contributed by atoms with Crippen LogP contribution in [0.25, 0.3) is 11.4 Å². The lowest BCUT2D eigenvalue weighted by Crippen LogP contribution is -1.94. The molecule has 2 aromatic heterocycles. The van der Waals surface area contributed by atoms with Crippen molar-refractivity contribution in [3.05, 3.63) is 35.7 Å². The monoisotopic (exact) mass is 203 g/mol. The van der Waals surface area contributed by atoms with Gasteiger partial charge >= 0.3 is 0 Å². The fourth-order valence-corrected chi connectivity index (χ4v) is 1.58. The number of aliphatic hydroxyl groups is 1. The first-order valence-electron chi connectivity index (χ1n) is 4.89. The molecule has 0 spiro atoms. The number of hydrogen-bond acceptors (Lipinski definition) is 3. The SMILES string of the molecule is Cc1[nH]nc(-c2ccccn2)c1CCO. The molecule has 0 aliphatic heterocycles. The molecule has 2 heterocycles. The van der Waals surface area contributed by atoms with Crippen LogP contribution in [0.15, 0.2) is 24.4 Å². The third-order valence-corrected chi connectivity index (χ3v) is 2.34. The van der Waals surface area contributed by atoms with E-state index in [0.29, 0.717) is 6.42 Å². The van der Waals surface area contributed by atoms with E-state index in [9.17, 15) is 0 Å². The molecule has 0 bridgehead atoms. The number of nitrogens with one attached hydrogen (secondary N) is 1. The fraction of sp³-hybridized carbons (Fsp3) is 0.273. The Kier molecular flexibility index (Phi) is 2.78. The van der Waals surface area contributed by atoms with Crippen LogP contribution in [0.5, 0.6) is 0 Å². The van der Waals surface area contributed by atoms with Gasteiger partial charge in [-0.3, -0.25) is 10.1 Å². The topological polar surface area (TPSA) is 61.8 Å². The number of hydrogen-bond donors (Lipinski definition) is 2. The van der Waals surface area contributed by atoms with Gasteiger partial charge in [-0.15, -0.1) is 0 Å². The maximum atomic E-state index is 8.97. The molecule has 0 saturated heterocycles. The third-order valence-electron chi connectivity index (χ3n) is 2.34. The standard InChI is InChI=1S/C11H13N3O/c1-8-9(5-7-15)11(14-13-8)10-4-2-3-6-12-10/h2-4,6,15H,5,7H2,1H3,(H,13,14). The minimum absolute atomic E-state index is 0.125. The molecule has 2 N–H and O–H groups in total. The highest BCUT2D eigenvalue weighted by atomic mass is 16.2. The average Bonchev–Trinajstić information content (AvgIpc) is 2.63. The van der Waals surface area contributed by atoms with Crippen molar-refractivity contribution in [2.45, 2.75) is 13.3 Å². The largest absolute Gasteiger partial charge is 0.396 e. The van der Waals surface area contributed by atoms with Crippen molar-refractivity contribution in [1.82, 2.24) is 15.2 Å². The first kappa shape index (κ1) is 9.86. The Morgan fingerprint density at radius 3 is 2.93 bits per heavy atom. The Morgan fingerprint density at radius 1 is 1.40 bits per heavy atom. The van der Waals surface area contributed by atoms with Crippen molar-refractivity contribution in [1.29, 1.82) is 0 Å². The second-order valence-electron chi connectivity index (χ2n) is 3.36. The van der Waals surface area contributed by atoms with Gasteiger partial charge in [0, 0.05) is 24.1 Å². The molecule has 0 saturated carbocycles. The van der Waals surface area contributed by atoms with Crippen LogP contribution < -0.4 is 0 Å². The highest BCUT2D eigenvalue weighted by molar-refractivity contribution is 5.59. The summed E-state index contributed by atoms with van der Waals surface area (Å²) in [5.74, 6) is 0. The molecule has 4 nitrogen and oxygen atoms in total. The number of H-pyrrole nitrogens is 1. The van der Waals surface area contributed by atoms with Crippen molar-refractivity contribution in [3.8, 4) is 11.4 Å². The van der Waals surface area contributed by atoms with Crippen LogP contribution in [-0.2, 0) is 6.42 Å². The van der Waals surface area contributed by atoms with Crippen LogP contribution in [-0.4, -0.2) is 26.9 Å². The number of aryl methyl sites for hydroxylation is 1. The van der Waals surface area contributed by atoms with Crippen LogP contribution in [0, 0.1) is 6.92 Å². The molecule has 0 radical (unpaired) electrons. The smallest absolute Gasteiger partial charge is 0.114 e. The van der Waals surface area contributed by atoms with Crippen molar-refractivity contribution < 1.29 is 5.11 Å². The van der Waals surface area contributed by atoms with Gasteiger partial charge < -0.3 is 5.11 Å². The summed E-state index contributed by atoms with van der Waals surface area (Å²) in [5, 5.41) is 16.1. The van der Waals surface area contributed by atoms with Crippen LogP contribution in [0.1, 0.15) is 11.3 Å². The van der Waals surface area contributed by atoms with E-state index >= 15 is 0 Å². The molecule has 0 aliphatic carbocycles. The summed E-state index contributed by atoms with van der Waals surface area (Å²) in [6, 6.07) is 5.71. The molecule has 0 aliphatic rings. The van der Waals surface area contributed by atoms with Gasteiger partial charge in [-0.05, 0) is 25.5 Å². The highest BCUT2D eigenvalue weighted by Gasteiger charge is 2.11.